The molecule has 1 N–H and O–H groups in total. The van der Waals surface area contributed by atoms with E-state index in [-0.39, 0.29) is 11.9 Å². The average Bonchev–Trinajstić information content (AvgIpc) is 2.60. The van der Waals surface area contributed by atoms with Gasteiger partial charge in [-0.15, -0.1) is 0 Å². The summed E-state index contributed by atoms with van der Waals surface area (Å²) in [4.78, 5) is 12.7. The van der Waals surface area contributed by atoms with Crippen molar-refractivity contribution in [3.8, 4) is 5.75 Å². The van der Waals surface area contributed by atoms with E-state index in [1.807, 2.05) is 32.0 Å². The number of carbonyl (C=O) groups is 1. The van der Waals surface area contributed by atoms with Gasteiger partial charge in [0.15, 0.2) is 6.10 Å². The third-order valence-electron chi connectivity index (χ3n) is 4.75. The van der Waals surface area contributed by atoms with Gasteiger partial charge in [-0.05, 0) is 61.4 Å². The summed E-state index contributed by atoms with van der Waals surface area (Å²) in [5, 5.41) is 3.14. The Balaban J connectivity index is 2.12. The van der Waals surface area contributed by atoms with Gasteiger partial charge in [-0.25, -0.2) is 0 Å². The van der Waals surface area contributed by atoms with Gasteiger partial charge in [-0.3, -0.25) is 4.79 Å². The molecule has 0 aliphatic heterocycles. The monoisotopic (exact) mass is 353 g/mol. The van der Waals surface area contributed by atoms with Crippen LogP contribution in [0.5, 0.6) is 5.75 Å². The lowest BCUT2D eigenvalue weighted by Crippen LogP contribution is -2.38. The lowest BCUT2D eigenvalue weighted by Gasteiger charge is -2.23. The predicted octanol–water partition coefficient (Wildman–Crippen LogP) is 5.46. The van der Waals surface area contributed by atoms with E-state index in [1.165, 1.54) is 5.56 Å². The lowest BCUT2D eigenvalue weighted by molar-refractivity contribution is -0.128. The average molecular weight is 354 g/mol. The molecule has 0 aliphatic rings. The topological polar surface area (TPSA) is 38.3 Å². The molecule has 0 heterocycles. The molecule has 26 heavy (non-hydrogen) atoms. The Hall–Kier alpha value is -2.29. The number of amides is 1. The normalized spacial score (nSPS) is 13.3. The first-order valence-corrected chi connectivity index (χ1v) is 9.46. The van der Waals surface area contributed by atoms with Crippen LogP contribution in [0.2, 0.25) is 0 Å². The van der Waals surface area contributed by atoms with Gasteiger partial charge >= 0.3 is 0 Å². The maximum absolute atomic E-state index is 12.7. The molecule has 0 bridgehead atoms. The van der Waals surface area contributed by atoms with Crippen LogP contribution in [0.3, 0.4) is 0 Å². The summed E-state index contributed by atoms with van der Waals surface area (Å²) in [7, 11) is 0. The standard InChI is InChI=1S/C23H31NO2/c1-7-21(20-11-9-8-10-17(20)5)24-23(25)18(6)26-22-14-16(4)12-13-19(22)15(2)3/h8-15,18,21H,7H2,1-6H3,(H,24,25)/t18-,21-/m1/s1. The van der Waals surface area contributed by atoms with Crippen molar-refractivity contribution in [1.29, 1.82) is 0 Å². The third-order valence-corrected chi connectivity index (χ3v) is 4.75. The molecular formula is C23H31NO2. The molecule has 3 heteroatoms. The minimum absolute atomic E-state index is 0.00294. The molecule has 1 amide bonds. The lowest BCUT2D eigenvalue weighted by atomic mass is 9.99. The van der Waals surface area contributed by atoms with E-state index in [0.717, 1.165) is 28.9 Å². The molecule has 0 radical (unpaired) electrons. The number of hydrogen-bond acceptors (Lipinski definition) is 2. The largest absolute Gasteiger partial charge is 0.481 e. The Morgan fingerprint density at radius 3 is 2.35 bits per heavy atom. The summed E-state index contributed by atoms with van der Waals surface area (Å²) in [6.07, 6.45) is 0.290. The summed E-state index contributed by atoms with van der Waals surface area (Å²) >= 11 is 0. The first-order chi connectivity index (χ1) is 12.3. The molecule has 2 aromatic carbocycles. The van der Waals surface area contributed by atoms with Gasteiger partial charge in [-0.2, -0.15) is 0 Å². The van der Waals surface area contributed by atoms with Crippen LogP contribution in [-0.2, 0) is 4.79 Å². The molecule has 2 aromatic rings. The Bertz CT molecular complexity index is 752. The summed E-state index contributed by atoms with van der Waals surface area (Å²) in [6, 6.07) is 14.4. The number of benzene rings is 2. The van der Waals surface area contributed by atoms with Gasteiger partial charge in [0.2, 0.25) is 0 Å². The number of carbonyl (C=O) groups excluding carboxylic acids is 1. The van der Waals surface area contributed by atoms with Gasteiger partial charge < -0.3 is 10.1 Å². The van der Waals surface area contributed by atoms with Crippen molar-refractivity contribution in [2.75, 3.05) is 0 Å². The van der Waals surface area contributed by atoms with Crippen LogP contribution in [0.25, 0.3) is 0 Å². The SMILES string of the molecule is CC[C@@H](NC(=O)[C@@H](C)Oc1cc(C)ccc1C(C)C)c1ccccc1C. The highest BCUT2D eigenvalue weighted by Crippen LogP contribution is 2.28. The van der Waals surface area contributed by atoms with Crippen molar-refractivity contribution in [2.45, 2.75) is 66.0 Å². The van der Waals surface area contributed by atoms with Crippen molar-refractivity contribution in [3.63, 3.8) is 0 Å². The van der Waals surface area contributed by atoms with Crippen molar-refractivity contribution in [3.05, 3.63) is 64.7 Å². The van der Waals surface area contributed by atoms with Crippen LogP contribution in [0.4, 0.5) is 0 Å². The molecular weight excluding hydrogens is 322 g/mol. The van der Waals surface area contributed by atoms with E-state index in [0.29, 0.717) is 5.92 Å². The number of nitrogens with one attached hydrogen (secondary N) is 1. The molecule has 0 aromatic heterocycles. The van der Waals surface area contributed by atoms with Gasteiger partial charge in [0.1, 0.15) is 5.75 Å². The molecule has 0 saturated heterocycles. The van der Waals surface area contributed by atoms with E-state index in [2.05, 4.69) is 57.3 Å². The van der Waals surface area contributed by atoms with Crippen LogP contribution in [-0.4, -0.2) is 12.0 Å². The van der Waals surface area contributed by atoms with E-state index in [1.54, 1.807) is 0 Å². The molecule has 0 aliphatic carbocycles. The molecule has 0 spiro atoms. The summed E-state index contributed by atoms with van der Waals surface area (Å²) in [5.41, 5.74) is 4.60. The highest BCUT2D eigenvalue weighted by atomic mass is 16.5. The van der Waals surface area contributed by atoms with Crippen LogP contribution in [0, 0.1) is 13.8 Å². The first-order valence-electron chi connectivity index (χ1n) is 9.46. The van der Waals surface area contributed by atoms with Gasteiger partial charge in [0.25, 0.3) is 5.91 Å². The van der Waals surface area contributed by atoms with Crippen molar-refractivity contribution >= 4 is 5.91 Å². The van der Waals surface area contributed by atoms with E-state index in [4.69, 9.17) is 4.74 Å². The van der Waals surface area contributed by atoms with E-state index in [9.17, 15) is 4.79 Å². The van der Waals surface area contributed by atoms with Gasteiger partial charge in [0.05, 0.1) is 6.04 Å². The molecule has 3 nitrogen and oxygen atoms in total. The highest BCUT2D eigenvalue weighted by Gasteiger charge is 2.21. The van der Waals surface area contributed by atoms with Gasteiger partial charge in [0, 0.05) is 0 Å². The molecule has 2 atom stereocenters. The number of hydrogen-bond donors (Lipinski definition) is 1. The number of rotatable bonds is 7. The number of aryl methyl sites for hydroxylation is 2. The van der Waals surface area contributed by atoms with Crippen molar-refractivity contribution in [2.24, 2.45) is 0 Å². The van der Waals surface area contributed by atoms with E-state index < -0.39 is 6.10 Å². The summed E-state index contributed by atoms with van der Waals surface area (Å²) in [6.45, 7) is 12.3. The highest BCUT2D eigenvalue weighted by molar-refractivity contribution is 5.81. The predicted molar refractivity (Wildman–Crippen MR) is 108 cm³/mol. The van der Waals surface area contributed by atoms with Crippen LogP contribution in [0.1, 0.15) is 68.3 Å². The Morgan fingerprint density at radius 1 is 1.04 bits per heavy atom. The Labute approximate surface area is 157 Å². The zero-order chi connectivity index (χ0) is 19.3. The van der Waals surface area contributed by atoms with Crippen LogP contribution < -0.4 is 10.1 Å². The molecule has 2 rings (SSSR count). The molecule has 0 fully saturated rings. The minimum Gasteiger partial charge on any atom is -0.481 e. The Morgan fingerprint density at radius 2 is 1.73 bits per heavy atom. The first kappa shape index (κ1) is 20.0. The molecule has 140 valence electrons. The fraction of sp³-hybridized carbons (Fsp3) is 0.435. The third kappa shape index (κ3) is 4.87. The summed E-state index contributed by atoms with van der Waals surface area (Å²) < 4.78 is 6.05. The fourth-order valence-corrected chi connectivity index (χ4v) is 3.13. The smallest absolute Gasteiger partial charge is 0.261 e. The maximum atomic E-state index is 12.7. The van der Waals surface area contributed by atoms with E-state index >= 15 is 0 Å². The summed E-state index contributed by atoms with van der Waals surface area (Å²) in [5.74, 6) is 1.05. The second-order valence-corrected chi connectivity index (χ2v) is 7.28. The van der Waals surface area contributed by atoms with Crippen molar-refractivity contribution < 1.29 is 9.53 Å². The zero-order valence-electron chi connectivity index (χ0n) is 16.8. The maximum Gasteiger partial charge on any atom is 0.261 e. The second kappa shape index (κ2) is 8.88. The Kier molecular flexibility index (Phi) is 6.84. The molecule has 0 saturated carbocycles. The second-order valence-electron chi connectivity index (χ2n) is 7.28. The quantitative estimate of drug-likeness (QED) is 0.717. The number of ether oxygens (including phenoxy) is 1. The van der Waals surface area contributed by atoms with Crippen LogP contribution in [0.15, 0.2) is 42.5 Å². The van der Waals surface area contributed by atoms with Gasteiger partial charge in [-0.1, -0.05) is 57.2 Å². The van der Waals surface area contributed by atoms with Crippen LogP contribution >= 0.6 is 0 Å². The minimum atomic E-state index is -0.549. The van der Waals surface area contributed by atoms with Crippen molar-refractivity contribution in [1.82, 2.24) is 5.32 Å². The fourth-order valence-electron chi connectivity index (χ4n) is 3.13. The zero-order valence-corrected chi connectivity index (χ0v) is 16.8. The molecule has 0 unspecified atom stereocenters.